The van der Waals surface area contributed by atoms with Gasteiger partial charge < -0.3 is 10.6 Å². The summed E-state index contributed by atoms with van der Waals surface area (Å²) in [6.07, 6.45) is 2.20. The van der Waals surface area contributed by atoms with Crippen molar-refractivity contribution in [2.24, 2.45) is 5.41 Å². The maximum Gasteiger partial charge on any atom is 0.251 e. The molecule has 0 unspecified atom stereocenters. The van der Waals surface area contributed by atoms with Crippen LogP contribution in [0.15, 0.2) is 24.3 Å². The van der Waals surface area contributed by atoms with Crippen molar-refractivity contribution in [2.45, 2.75) is 19.8 Å². The normalized spacial score (nSPS) is 17.4. The number of nitrogens with one attached hydrogen (secondary N) is 2. The van der Waals surface area contributed by atoms with E-state index in [-0.39, 0.29) is 23.7 Å². The number of piperidine rings is 1. The van der Waals surface area contributed by atoms with E-state index in [1.807, 2.05) is 0 Å². The van der Waals surface area contributed by atoms with E-state index in [0.717, 1.165) is 32.5 Å². The van der Waals surface area contributed by atoms with Crippen LogP contribution < -0.4 is 10.6 Å². The van der Waals surface area contributed by atoms with Gasteiger partial charge >= 0.3 is 0 Å². The summed E-state index contributed by atoms with van der Waals surface area (Å²) in [7, 11) is 0. The Morgan fingerprint density at radius 3 is 2.74 bits per heavy atom. The number of rotatable bonds is 3. The Kier molecular flexibility index (Phi) is 6.11. The van der Waals surface area contributed by atoms with Crippen LogP contribution in [-0.4, -0.2) is 25.5 Å². The van der Waals surface area contributed by atoms with Crippen LogP contribution in [0.25, 0.3) is 0 Å². The highest BCUT2D eigenvalue weighted by Crippen LogP contribution is 2.26. The smallest absolute Gasteiger partial charge is 0.251 e. The van der Waals surface area contributed by atoms with E-state index in [1.165, 1.54) is 0 Å². The molecule has 1 aromatic rings. The van der Waals surface area contributed by atoms with Crippen LogP contribution in [0.5, 0.6) is 0 Å². The van der Waals surface area contributed by atoms with Gasteiger partial charge in [0.15, 0.2) is 0 Å². The van der Waals surface area contributed by atoms with E-state index < -0.39 is 0 Å². The maximum atomic E-state index is 12.0. The average Bonchev–Trinajstić information content (AvgIpc) is 2.37. The number of benzene rings is 1. The Morgan fingerprint density at radius 1 is 1.42 bits per heavy atom. The fraction of sp³-hybridized carbons (Fsp3) is 0.500. The Balaban J connectivity index is 0.00000180. The van der Waals surface area contributed by atoms with Gasteiger partial charge in [-0.3, -0.25) is 4.79 Å². The highest BCUT2D eigenvalue weighted by atomic mass is 35.5. The molecule has 1 saturated heterocycles. The Morgan fingerprint density at radius 2 is 2.11 bits per heavy atom. The van der Waals surface area contributed by atoms with Gasteiger partial charge in [-0.05, 0) is 49.5 Å². The standard InChI is InChI=1S/C14H19ClN2O.ClH/c1-14(5-7-16-8-6-14)10-17-13(18)11-3-2-4-12(15)9-11;/h2-4,9,16H,5-8,10H2,1H3,(H,17,18);1H. The Bertz CT molecular complexity index is 431. The zero-order valence-electron chi connectivity index (χ0n) is 11.0. The average molecular weight is 303 g/mol. The predicted octanol–water partition coefficient (Wildman–Crippen LogP) is 2.88. The summed E-state index contributed by atoms with van der Waals surface area (Å²) in [4.78, 5) is 12.0. The van der Waals surface area contributed by atoms with Gasteiger partial charge in [0.25, 0.3) is 5.91 Å². The highest BCUT2D eigenvalue weighted by molar-refractivity contribution is 6.30. The van der Waals surface area contributed by atoms with Crippen molar-refractivity contribution in [3.8, 4) is 0 Å². The molecule has 0 radical (unpaired) electrons. The number of hydrogen-bond acceptors (Lipinski definition) is 2. The van der Waals surface area contributed by atoms with E-state index in [1.54, 1.807) is 24.3 Å². The van der Waals surface area contributed by atoms with Crippen LogP contribution >= 0.6 is 24.0 Å². The summed E-state index contributed by atoms with van der Waals surface area (Å²) in [5, 5.41) is 6.94. The Hall–Kier alpha value is -0.770. The SMILES string of the molecule is CC1(CNC(=O)c2cccc(Cl)c2)CCNCC1.Cl. The third-order valence-corrected chi connectivity index (χ3v) is 3.81. The number of halogens is 2. The van der Waals surface area contributed by atoms with Gasteiger partial charge in [-0.1, -0.05) is 24.6 Å². The number of carbonyl (C=O) groups excluding carboxylic acids is 1. The van der Waals surface area contributed by atoms with Gasteiger partial charge in [-0.2, -0.15) is 0 Å². The molecule has 0 saturated carbocycles. The molecule has 1 fully saturated rings. The van der Waals surface area contributed by atoms with Crippen molar-refractivity contribution in [1.29, 1.82) is 0 Å². The van der Waals surface area contributed by atoms with Crippen LogP contribution in [0.2, 0.25) is 5.02 Å². The summed E-state index contributed by atoms with van der Waals surface area (Å²) in [6, 6.07) is 7.05. The van der Waals surface area contributed by atoms with Crippen molar-refractivity contribution in [3.05, 3.63) is 34.9 Å². The first-order valence-electron chi connectivity index (χ1n) is 6.34. The predicted molar refractivity (Wildman–Crippen MR) is 81.2 cm³/mol. The number of amides is 1. The second kappa shape index (κ2) is 7.13. The van der Waals surface area contributed by atoms with Gasteiger partial charge in [0.2, 0.25) is 0 Å². The maximum absolute atomic E-state index is 12.0. The van der Waals surface area contributed by atoms with Gasteiger partial charge in [-0.15, -0.1) is 12.4 Å². The minimum Gasteiger partial charge on any atom is -0.351 e. The minimum absolute atomic E-state index is 0. The van der Waals surface area contributed by atoms with Crippen molar-refractivity contribution >= 4 is 29.9 Å². The van der Waals surface area contributed by atoms with E-state index in [2.05, 4.69) is 17.6 Å². The zero-order valence-corrected chi connectivity index (χ0v) is 12.6. The second-order valence-corrected chi connectivity index (χ2v) is 5.69. The minimum atomic E-state index is -0.0442. The summed E-state index contributed by atoms with van der Waals surface area (Å²) >= 11 is 5.88. The molecule has 2 rings (SSSR count). The van der Waals surface area contributed by atoms with Crippen molar-refractivity contribution in [1.82, 2.24) is 10.6 Å². The summed E-state index contributed by atoms with van der Waals surface area (Å²) in [5.41, 5.74) is 0.833. The fourth-order valence-electron chi connectivity index (χ4n) is 2.23. The molecule has 1 heterocycles. The molecule has 1 aliphatic heterocycles. The van der Waals surface area contributed by atoms with E-state index in [4.69, 9.17) is 11.6 Å². The molecule has 5 heteroatoms. The van der Waals surface area contributed by atoms with E-state index in [0.29, 0.717) is 10.6 Å². The molecular formula is C14H20Cl2N2O. The third kappa shape index (κ3) is 4.68. The topological polar surface area (TPSA) is 41.1 Å². The highest BCUT2D eigenvalue weighted by Gasteiger charge is 2.27. The summed E-state index contributed by atoms with van der Waals surface area (Å²) in [6.45, 7) is 5.01. The lowest BCUT2D eigenvalue weighted by atomic mass is 9.81. The molecule has 0 spiro atoms. The van der Waals surface area contributed by atoms with Gasteiger partial charge in [-0.25, -0.2) is 0 Å². The van der Waals surface area contributed by atoms with Gasteiger partial charge in [0, 0.05) is 17.1 Å². The molecule has 3 nitrogen and oxygen atoms in total. The van der Waals surface area contributed by atoms with Crippen LogP contribution in [0.4, 0.5) is 0 Å². The van der Waals surface area contributed by atoms with Gasteiger partial charge in [0.1, 0.15) is 0 Å². The molecule has 0 bridgehead atoms. The molecular weight excluding hydrogens is 283 g/mol. The molecule has 1 amide bonds. The number of carbonyl (C=O) groups is 1. The molecule has 106 valence electrons. The molecule has 0 atom stereocenters. The van der Waals surface area contributed by atoms with Crippen molar-refractivity contribution in [2.75, 3.05) is 19.6 Å². The van der Waals surface area contributed by atoms with Crippen LogP contribution in [0.3, 0.4) is 0 Å². The molecule has 0 aliphatic carbocycles. The molecule has 1 aliphatic rings. The van der Waals surface area contributed by atoms with Crippen molar-refractivity contribution < 1.29 is 4.79 Å². The van der Waals surface area contributed by atoms with E-state index in [9.17, 15) is 4.79 Å². The lowest BCUT2D eigenvalue weighted by Crippen LogP contribution is -2.42. The Labute approximate surface area is 125 Å². The second-order valence-electron chi connectivity index (χ2n) is 5.25. The first-order valence-corrected chi connectivity index (χ1v) is 6.71. The van der Waals surface area contributed by atoms with Crippen LogP contribution in [0, 0.1) is 5.41 Å². The number of hydrogen-bond donors (Lipinski definition) is 2. The van der Waals surface area contributed by atoms with Crippen LogP contribution in [-0.2, 0) is 0 Å². The molecule has 2 N–H and O–H groups in total. The van der Waals surface area contributed by atoms with Gasteiger partial charge in [0.05, 0.1) is 0 Å². The molecule has 1 aromatic carbocycles. The fourth-order valence-corrected chi connectivity index (χ4v) is 2.42. The monoisotopic (exact) mass is 302 g/mol. The first-order chi connectivity index (χ1) is 8.59. The largest absolute Gasteiger partial charge is 0.351 e. The lowest BCUT2D eigenvalue weighted by Gasteiger charge is -2.34. The molecule has 19 heavy (non-hydrogen) atoms. The van der Waals surface area contributed by atoms with Crippen molar-refractivity contribution in [3.63, 3.8) is 0 Å². The summed E-state index contributed by atoms with van der Waals surface area (Å²) in [5.74, 6) is -0.0442. The van der Waals surface area contributed by atoms with E-state index >= 15 is 0 Å². The quantitative estimate of drug-likeness (QED) is 0.901. The lowest BCUT2D eigenvalue weighted by molar-refractivity contribution is 0.0922. The zero-order chi connectivity index (χ0) is 13.0. The summed E-state index contributed by atoms with van der Waals surface area (Å²) < 4.78 is 0. The first kappa shape index (κ1) is 16.3. The van der Waals surface area contributed by atoms with Crippen LogP contribution in [0.1, 0.15) is 30.1 Å². The third-order valence-electron chi connectivity index (χ3n) is 3.57. The molecule has 0 aromatic heterocycles.